The van der Waals surface area contributed by atoms with Crippen molar-refractivity contribution in [3.05, 3.63) is 107 Å². The number of halogens is 2. The molecule has 3 aromatic carbocycles. The monoisotopic (exact) mass is 415 g/mol. The van der Waals surface area contributed by atoms with Crippen LogP contribution in [0.5, 0.6) is 0 Å². The number of anilines is 1. The van der Waals surface area contributed by atoms with Crippen molar-refractivity contribution in [1.29, 1.82) is 0 Å². The fourth-order valence-electron chi connectivity index (χ4n) is 4.29. The van der Waals surface area contributed by atoms with Crippen LogP contribution in [0.2, 0.25) is 0 Å². The molecule has 1 heterocycles. The highest BCUT2D eigenvalue weighted by Gasteiger charge is 2.22. The number of pyridine rings is 1. The van der Waals surface area contributed by atoms with Gasteiger partial charge in [0.05, 0.1) is 11.6 Å². The quantitative estimate of drug-likeness (QED) is 0.250. The molecule has 0 fully saturated rings. The lowest BCUT2D eigenvalue weighted by atomic mass is 9.98. The van der Waals surface area contributed by atoms with E-state index in [1.54, 1.807) is 12.1 Å². The van der Waals surface area contributed by atoms with Gasteiger partial charge in [-0.05, 0) is 54.3 Å². The van der Waals surface area contributed by atoms with Crippen LogP contribution in [-0.4, -0.2) is 15.9 Å². The Bertz CT molecular complexity index is 1300. The van der Waals surface area contributed by atoms with Crippen LogP contribution in [0.3, 0.4) is 0 Å². The molecular formula is C25H19F2N3O. The molecule has 1 aromatic heterocycles. The van der Waals surface area contributed by atoms with Crippen molar-refractivity contribution in [2.75, 3.05) is 5.32 Å². The smallest absolute Gasteiger partial charge is 0.127 e. The molecule has 0 saturated heterocycles. The first-order valence-electron chi connectivity index (χ1n) is 10.1. The van der Waals surface area contributed by atoms with Crippen LogP contribution in [0.25, 0.3) is 10.9 Å². The lowest BCUT2D eigenvalue weighted by Gasteiger charge is -2.16. The minimum atomic E-state index is -0.738. The summed E-state index contributed by atoms with van der Waals surface area (Å²) in [6.07, 6.45) is 2.04. The molecule has 1 aliphatic rings. The average Bonchev–Trinajstić information content (AvgIpc) is 3.16. The van der Waals surface area contributed by atoms with E-state index in [0.29, 0.717) is 11.1 Å². The molecule has 1 atom stereocenters. The van der Waals surface area contributed by atoms with Gasteiger partial charge in [-0.3, -0.25) is 0 Å². The Labute approximate surface area is 177 Å². The maximum Gasteiger partial charge on any atom is 0.127 e. The molecule has 31 heavy (non-hydrogen) atoms. The van der Waals surface area contributed by atoms with Gasteiger partial charge in [0.2, 0.25) is 0 Å². The molecule has 154 valence electrons. The molecule has 0 radical (unpaired) electrons. The van der Waals surface area contributed by atoms with Crippen LogP contribution in [-0.2, 0) is 6.42 Å². The van der Waals surface area contributed by atoms with Gasteiger partial charge in [-0.2, -0.15) is 0 Å². The van der Waals surface area contributed by atoms with Gasteiger partial charge in [0.1, 0.15) is 23.2 Å². The van der Waals surface area contributed by atoms with Crippen molar-refractivity contribution in [3.8, 4) is 0 Å². The molecule has 0 bridgehead atoms. The van der Waals surface area contributed by atoms with E-state index in [4.69, 9.17) is 4.98 Å². The minimum absolute atomic E-state index is 0.0798. The summed E-state index contributed by atoms with van der Waals surface area (Å²) in [6, 6.07) is 20.8. The number of rotatable bonds is 4. The van der Waals surface area contributed by atoms with Crippen molar-refractivity contribution in [2.24, 2.45) is 5.16 Å². The maximum atomic E-state index is 13.7. The highest BCUT2D eigenvalue weighted by Crippen LogP contribution is 2.33. The Morgan fingerprint density at radius 1 is 0.968 bits per heavy atom. The van der Waals surface area contributed by atoms with Gasteiger partial charge < -0.3 is 10.5 Å². The lowest BCUT2D eigenvalue weighted by Crippen LogP contribution is -2.09. The largest absolute Gasteiger partial charge is 0.410 e. The molecule has 1 aliphatic carbocycles. The van der Waals surface area contributed by atoms with Gasteiger partial charge in [0.25, 0.3) is 0 Å². The van der Waals surface area contributed by atoms with Crippen LogP contribution in [0.15, 0.2) is 78.0 Å². The molecule has 0 saturated carbocycles. The predicted octanol–water partition coefficient (Wildman–Crippen LogP) is 5.84. The second-order valence-electron chi connectivity index (χ2n) is 7.61. The van der Waals surface area contributed by atoms with E-state index in [1.165, 1.54) is 11.1 Å². The van der Waals surface area contributed by atoms with Crippen LogP contribution in [0.4, 0.5) is 14.6 Å². The molecule has 6 heteroatoms. The van der Waals surface area contributed by atoms with Gasteiger partial charge in [-0.25, -0.2) is 13.8 Å². The zero-order valence-corrected chi connectivity index (χ0v) is 16.5. The fraction of sp³-hybridized carbons (Fsp3) is 0.120. The Hall–Kier alpha value is -3.80. The van der Waals surface area contributed by atoms with Crippen LogP contribution < -0.4 is 5.32 Å². The number of aromatic nitrogens is 1. The summed E-state index contributed by atoms with van der Waals surface area (Å²) in [5.41, 5.74) is 4.10. The van der Waals surface area contributed by atoms with Gasteiger partial charge in [0.15, 0.2) is 0 Å². The normalized spacial score (nSPS) is 15.8. The summed E-state index contributed by atoms with van der Waals surface area (Å²) in [4.78, 5) is 4.72. The molecule has 5 rings (SSSR count). The fourth-order valence-corrected chi connectivity index (χ4v) is 4.29. The zero-order chi connectivity index (χ0) is 21.4. The van der Waals surface area contributed by atoms with Crippen molar-refractivity contribution < 1.29 is 14.0 Å². The van der Waals surface area contributed by atoms with E-state index in [-0.39, 0.29) is 17.3 Å². The van der Waals surface area contributed by atoms with Gasteiger partial charge in [0, 0.05) is 22.6 Å². The summed E-state index contributed by atoms with van der Waals surface area (Å²) in [5.74, 6) is -0.735. The maximum absolute atomic E-state index is 13.7. The van der Waals surface area contributed by atoms with E-state index < -0.39 is 11.6 Å². The number of aryl methyl sites for hydroxylation is 1. The Balaban J connectivity index is 1.51. The molecular weight excluding hydrogens is 396 g/mol. The minimum Gasteiger partial charge on any atom is -0.410 e. The third-order valence-corrected chi connectivity index (χ3v) is 5.68. The van der Waals surface area contributed by atoms with E-state index in [2.05, 4.69) is 28.7 Å². The number of hydrogen-bond donors (Lipinski definition) is 2. The van der Waals surface area contributed by atoms with E-state index in [9.17, 15) is 14.0 Å². The summed E-state index contributed by atoms with van der Waals surface area (Å²) >= 11 is 0. The number of fused-ring (bicyclic) bond motifs is 2. The van der Waals surface area contributed by atoms with Gasteiger partial charge >= 0.3 is 0 Å². The highest BCUT2D eigenvalue weighted by atomic mass is 19.1. The standard InChI is InChI=1S/C25H19F2N3O/c26-17-12-16(13-18(27)14-17)25(30-31)21-6-3-7-22-20(21)9-11-24(28-22)29-23-10-8-15-4-1-2-5-19(15)23/h1-7,9,11-14,23,31H,8,10H2,(H,28,29)/t23-/m1/s1. The first-order valence-corrected chi connectivity index (χ1v) is 10.1. The van der Waals surface area contributed by atoms with Crippen molar-refractivity contribution in [3.63, 3.8) is 0 Å². The number of oxime groups is 1. The number of benzene rings is 3. The molecule has 0 aliphatic heterocycles. The third kappa shape index (κ3) is 3.61. The second kappa shape index (κ2) is 7.80. The van der Waals surface area contributed by atoms with Crippen molar-refractivity contribution in [2.45, 2.75) is 18.9 Å². The lowest BCUT2D eigenvalue weighted by molar-refractivity contribution is 0.319. The molecule has 0 amide bonds. The molecule has 0 unspecified atom stereocenters. The summed E-state index contributed by atoms with van der Waals surface area (Å²) in [6.45, 7) is 0. The van der Waals surface area contributed by atoms with Crippen LogP contribution in [0, 0.1) is 11.6 Å². The number of hydrogen-bond acceptors (Lipinski definition) is 4. The van der Waals surface area contributed by atoms with Crippen LogP contribution >= 0.6 is 0 Å². The SMILES string of the molecule is ON=C(c1cc(F)cc(F)c1)c1cccc2nc(N[C@@H]3CCc4ccccc43)ccc12. The number of nitrogens with one attached hydrogen (secondary N) is 1. The molecule has 4 aromatic rings. The van der Waals surface area contributed by atoms with E-state index in [0.717, 1.165) is 42.2 Å². The molecule has 2 N–H and O–H groups in total. The van der Waals surface area contributed by atoms with E-state index in [1.807, 2.05) is 24.3 Å². The second-order valence-corrected chi connectivity index (χ2v) is 7.61. The van der Waals surface area contributed by atoms with Crippen molar-refractivity contribution >= 4 is 22.4 Å². The summed E-state index contributed by atoms with van der Waals surface area (Å²) < 4.78 is 27.4. The zero-order valence-electron chi connectivity index (χ0n) is 16.5. The predicted molar refractivity (Wildman–Crippen MR) is 117 cm³/mol. The van der Waals surface area contributed by atoms with E-state index >= 15 is 0 Å². The van der Waals surface area contributed by atoms with Crippen molar-refractivity contribution in [1.82, 2.24) is 4.98 Å². The Kier molecular flexibility index (Phi) is 4.82. The highest BCUT2D eigenvalue weighted by molar-refractivity contribution is 6.18. The Morgan fingerprint density at radius 2 is 1.77 bits per heavy atom. The van der Waals surface area contributed by atoms with Crippen LogP contribution in [0.1, 0.15) is 34.7 Å². The van der Waals surface area contributed by atoms with Gasteiger partial charge in [-0.1, -0.05) is 41.6 Å². The molecule has 4 nitrogen and oxygen atoms in total. The first-order chi connectivity index (χ1) is 15.1. The average molecular weight is 415 g/mol. The first kappa shape index (κ1) is 19.2. The summed E-state index contributed by atoms with van der Waals surface area (Å²) in [5, 5.41) is 17.2. The Morgan fingerprint density at radius 3 is 2.58 bits per heavy atom. The van der Waals surface area contributed by atoms with Gasteiger partial charge in [-0.15, -0.1) is 0 Å². The topological polar surface area (TPSA) is 57.5 Å². The summed E-state index contributed by atoms with van der Waals surface area (Å²) in [7, 11) is 0. The molecule has 0 spiro atoms. The number of nitrogens with zero attached hydrogens (tertiary/aromatic N) is 2. The third-order valence-electron chi connectivity index (χ3n) is 5.68.